The highest BCUT2D eigenvalue weighted by atomic mass is 32.2. The molecule has 0 bridgehead atoms. The number of amidine groups is 1. The Kier molecular flexibility index (Phi) is 8.28. The normalized spacial score (nSPS) is 14.2. The number of amides is 1. The molecule has 0 unspecified atom stereocenters. The molecule has 3 aromatic rings. The molecule has 1 saturated heterocycles. The summed E-state index contributed by atoms with van der Waals surface area (Å²) < 4.78 is 32.8. The van der Waals surface area contributed by atoms with Gasteiger partial charge in [-0.1, -0.05) is 36.4 Å². The zero-order valence-electron chi connectivity index (χ0n) is 20.0. The van der Waals surface area contributed by atoms with E-state index in [1.165, 1.54) is 4.31 Å². The van der Waals surface area contributed by atoms with Crippen LogP contribution in [0.25, 0.3) is 10.8 Å². The van der Waals surface area contributed by atoms with Gasteiger partial charge in [0, 0.05) is 32.1 Å². The highest BCUT2D eigenvalue weighted by Crippen LogP contribution is 2.26. The Labute approximate surface area is 209 Å². The number of benzene rings is 3. The zero-order chi connectivity index (χ0) is 26.5. The number of nitrogen functional groups attached to an aromatic ring is 1. The second kappa shape index (κ2) is 11.2. The van der Waals surface area contributed by atoms with Crippen LogP contribution in [0.1, 0.15) is 18.1 Å². The molecule has 0 radical (unpaired) electrons. The van der Waals surface area contributed by atoms with Crippen LogP contribution in [-0.2, 0) is 26.2 Å². The number of nitrogens with zero attached hydrogens (tertiary/aromatic N) is 2. The molecule has 0 aliphatic carbocycles. The highest BCUT2D eigenvalue weighted by molar-refractivity contribution is 7.89. The van der Waals surface area contributed by atoms with Gasteiger partial charge in [0.05, 0.1) is 18.6 Å². The van der Waals surface area contributed by atoms with Crippen molar-refractivity contribution in [2.45, 2.75) is 18.4 Å². The van der Waals surface area contributed by atoms with Crippen LogP contribution >= 0.6 is 0 Å². The van der Waals surface area contributed by atoms with E-state index in [0.717, 1.165) is 23.3 Å². The first kappa shape index (κ1) is 26.6. The van der Waals surface area contributed by atoms with E-state index in [9.17, 15) is 13.2 Å². The molecule has 4 N–H and O–H groups in total. The van der Waals surface area contributed by atoms with E-state index >= 15 is 0 Å². The highest BCUT2D eigenvalue weighted by Gasteiger charge is 2.33. The van der Waals surface area contributed by atoms with Gasteiger partial charge >= 0.3 is 0 Å². The lowest BCUT2D eigenvalue weighted by atomic mass is 10.1. The number of fused-ring (bicyclic) bond motifs is 1. The number of piperazine rings is 1. The van der Waals surface area contributed by atoms with Gasteiger partial charge in [0.25, 0.3) is 5.97 Å². The molecule has 1 fully saturated rings. The van der Waals surface area contributed by atoms with Gasteiger partial charge in [0.15, 0.2) is 0 Å². The molecule has 4 rings (SSSR count). The topological polar surface area (TPSA) is 154 Å². The summed E-state index contributed by atoms with van der Waals surface area (Å²) in [5.41, 5.74) is 6.98. The van der Waals surface area contributed by atoms with Crippen LogP contribution in [0.15, 0.2) is 65.6 Å². The lowest BCUT2D eigenvalue weighted by Gasteiger charge is -2.33. The van der Waals surface area contributed by atoms with Crippen LogP contribution in [0, 0.1) is 5.41 Å². The fourth-order valence-electron chi connectivity index (χ4n) is 3.71. The van der Waals surface area contributed by atoms with Gasteiger partial charge in [0.2, 0.25) is 15.9 Å². The van der Waals surface area contributed by atoms with Crippen LogP contribution < -0.4 is 10.5 Å². The Hall–Kier alpha value is -3.96. The van der Waals surface area contributed by atoms with Crippen molar-refractivity contribution < 1.29 is 27.9 Å². The molecular weight excluding hydrogens is 484 g/mol. The number of carboxylic acids is 1. The van der Waals surface area contributed by atoms with Crippen LogP contribution in [0.3, 0.4) is 0 Å². The SMILES string of the molecule is CC(=O)O.COc1ccc2ccc(S(=O)(=O)N3CCN(Cc4ccc(C(=N)N)cc4)C(=O)C3)cc2c1. The predicted molar refractivity (Wildman–Crippen MR) is 135 cm³/mol. The fourth-order valence-corrected chi connectivity index (χ4v) is 5.13. The monoisotopic (exact) mass is 512 g/mol. The minimum absolute atomic E-state index is 0.0152. The van der Waals surface area contributed by atoms with Crippen LogP contribution in [0.2, 0.25) is 0 Å². The van der Waals surface area contributed by atoms with Crippen molar-refractivity contribution in [3.05, 3.63) is 71.8 Å². The van der Waals surface area contributed by atoms with Gasteiger partial charge < -0.3 is 20.5 Å². The van der Waals surface area contributed by atoms with E-state index < -0.39 is 16.0 Å². The number of rotatable bonds is 6. The predicted octanol–water partition coefficient (Wildman–Crippen LogP) is 2.26. The molecule has 1 amide bonds. The Morgan fingerprint density at radius 3 is 2.28 bits per heavy atom. The number of hydrogen-bond acceptors (Lipinski definition) is 6. The molecule has 36 heavy (non-hydrogen) atoms. The molecule has 0 aromatic heterocycles. The van der Waals surface area contributed by atoms with Crippen molar-refractivity contribution in [3.63, 3.8) is 0 Å². The number of ether oxygens (including phenoxy) is 1. The number of nitrogens with one attached hydrogen (secondary N) is 1. The first-order valence-corrected chi connectivity index (χ1v) is 12.4. The van der Waals surface area contributed by atoms with Crippen molar-refractivity contribution in [1.82, 2.24) is 9.21 Å². The number of carboxylic acid groups (broad SMARTS) is 1. The Morgan fingerprint density at radius 2 is 1.69 bits per heavy atom. The first-order chi connectivity index (χ1) is 17.0. The number of carbonyl (C=O) groups is 2. The van der Waals surface area contributed by atoms with E-state index in [-0.39, 0.29) is 29.7 Å². The molecule has 11 heteroatoms. The van der Waals surface area contributed by atoms with E-state index in [0.29, 0.717) is 24.4 Å². The summed E-state index contributed by atoms with van der Waals surface area (Å²) in [5.74, 6) is -0.455. The maximum absolute atomic E-state index is 13.2. The van der Waals surface area contributed by atoms with Crippen molar-refractivity contribution in [2.24, 2.45) is 5.73 Å². The summed E-state index contributed by atoms with van der Waals surface area (Å²) >= 11 is 0. The molecule has 1 heterocycles. The average molecular weight is 513 g/mol. The fraction of sp³-hybridized carbons (Fsp3) is 0.240. The molecule has 10 nitrogen and oxygen atoms in total. The summed E-state index contributed by atoms with van der Waals surface area (Å²) in [6.07, 6.45) is 0. The number of hydrogen-bond donors (Lipinski definition) is 3. The Morgan fingerprint density at radius 1 is 1.06 bits per heavy atom. The van der Waals surface area contributed by atoms with Crippen LogP contribution in [0.4, 0.5) is 0 Å². The number of aliphatic carboxylic acids is 1. The molecule has 0 atom stereocenters. The third-order valence-electron chi connectivity index (χ3n) is 5.58. The minimum atomic E-state index is -3.81. The van der Waals surface area contributed by atoms with E-state index in [2.05, 4.69) is 0 Å². The van der Waals surface area contributed by atoms with Gasteiger partial charge in [-0.2, -0.15) is 4.31 Å². The van der Waals surface area contributed by atoms with E-state index in [1.807, 2.05) is 24.3 Å². The number of carbonyl (C=O) groups excluding carboxylic acids is 1. The van der Waals surface area contributed by atoms with E-state index in [4.69, 9.17) is 25.8 Å². The molecule has 1 aliphatic rings. The third kappa shape index (κ3) is 6.37. The lowest BCUT2D eigenvalue weighted by Crippen LogP contribution is -2.51. The van der Waals surface area contributed by atoms with Gasteiger partial charge in [-0.25, -0.2) is 8.42 Å². The van der Waals surface area contributed by atoms with Gasteiger partial charge in [0.1, 0.15) is 11.6 Å². The van der Waals surface area contributed by atoms with Gasteiger partial charge in [-0.05, 0) is 40.6 Å². The second-order valence-corrected chi connectivity index (χ2v) is 10.1. The van der Waals surface area contributed by atoms with Crippen LogP contribution in [-0.4, -0.2) is 67.2 Å². The number of sulfonamides is 1. The summed E-state index contributed by atoms with van der Waals surface area (Å²) in [5, 5.41) is 16.5. The van der Waals surface area contributed by atoms with Crippen LogP contribution in [0.5, 0.6) is 5.75 Å². The molecule has 0 saturated carbocycles. The van der Waals surface area contributed by atoms with Crippen molar-refractivity contribution >= 4 is 38.5 Å². The Balaban J connectivity index is 0.000000840. The molecule has 3 aromatic carbocycles. The van der Waals surface area contributed by atoms with Crippen molar-refractivity contribution in [2.75, 3.05) is 26.7 Å². The largest absolute Gasteiger partial charge is 0.497 e. The zero-order valence-corrected chi connectivity index (χ0v) is 20.8. The van der Waals surface area contributed by atoms with Gasteiger partial charge in [-0.3, -0.25) is 15.0 Å². The second-order valence-electron chi connectivity index (χ2n) is 8.16. The number of methoxy groups -OCH3 is 1. The third-order valence-corrected chi connectivity index (χ3v) is 7.42. The summed E-state index contributed by atoms with van der Waals surface area (Å²) in [4.78, 5) is 23.5. The maximum Gasteiger partial charge on any atom is 0.300 e. The summed E-state index contributed by atoms with van der Waals surface area (Å²) in [6.45, 7) is 1.77. The standard InChI is InChI=1S/C23H24N4O4S.C2H4O2/c1-31-20-8-6-17-7-9-21(13-19(17)12-20)32(29,30)27-11-10-26(22(28)15-27)14-16-2-4-18(5-3-16)23(24)25;1-2(3)4/h2-9,12-13H,10-11,14-15H2,1H3,(H3,24,25);1H3,(H,3,4). The minimum Gasteiger partial charge on any atom is -0.497 e. The van der Waals surface area contributed by atoms with Crippen molar-refractivity contribution in [1.29, 1.82) is 5.41 Å². The van der Waals surface area contributed by atoms with E-state index in [1.54, 1.807) is 48.4 Å². The molecule has 190 valence electrons. The first-order valence-electron chi connectivity index (χ1n) is 11.0. The Bertz CT molecular complexity index is 1390. The molecule has 1 aliphatic heterocycles. The smallest absolute Gasteiger partial charge is 0.300 e. The van der Waals surface area contributed by atoms with Gasteiger partial charge in [-0.15, -0.1) is 0 Å². The quantitative estimate of drug-likeness (QED) is 0.338. The summed E-state index contributed by atoms with van der Waals surface area (Å²) in [6, 6.07) is 17.5. The average Bonchev–Trinajstić information content (AvgIpc) is 2.84. The molecule has 0 spiro atoms. The van der Waals surface area contributed by atoms with Crippen molar-refractivity contribution in [3.8, 4) is 5.75 Å². The lowest BCUT2D eigenvalue weighted by molar-refractivity contribution is -0.135. The summed E-state index contributed by atoms with van der Waals surface area (Å²) in [7, 11) is -2.25. The number of nitrogens with two attached hydrogens (primary N) is 1. The maximum atomic E-state index is 13.2. The molecular formula is C25H28N4O6S.